The molecular weight excluding hydrogens is 258 g/mol. The average Bonchev–Trinajstić information content (AvgIpc) is 2.31. The van der Waals surface area contributed by atoms with Crippen LogP contribution in [0.3, 0.4) is 0 Å². The molecule has 0 radical (unpaired) electrons. The predicted molar refractivity (Wildman–Crippen MR) is 70.0 cm³/mol. The van der Waals surface area contributed by atoms with E-state index >= 15 is 0 Å². The largest absolute Gasteiger partial charge is 0.338 e. The molecule has 0 saturated carbocycles. The molecule has 0 bridgehead atoms. The van der Waals surface area contributed by atoms with E-state index in [1.54, 1.807) is 0 Å². The Morgan fingerprint density at radius 3 is 2.83 bits per heavy atom. The van der Waals surface area contributed by atoms with E-state index in [-0.39, 0.29) is 16.4 Å². The number of nitrogens with zero attached hydrogens (tertiary/aromatic N) is 1. The monoisotopic (exact) mass is 271 g/mol. The molecule has 0 atom stereocenters. The van der Waals surface area contributed by atoms with Crippen molar-refractivity contribution in [3.63, 3.8) is 0 Å². The minimum absolute atomic E-state index is 0.124. The van der Waals surface area contributed by atoms with Crippen LogP contribution < -0.4 is 10.6 Å². The number of carbonyl (C=O) groups excluding carboxylic acids is 1. The fourth-order valence-electron chi connectivity index (χ4n) is 1.31. The smallest absolute Gasteiger partial charge is 0.319 e. The summed E-state index contributed by atoms with van der Waals surface area (Å²) in [5.74, 6) is 0. The van der Waals surface area contributed by atoms with Crippen LogP contribution in [0.2, 0.25) is 5.02 Å². The topological polar surface area (TPSA) is 84.3 Å². The summed E-state index contributed by atoms with van der Waals surface area (Å²) in [7, 11) is 0. The number of amides is 2. The fourth-order valence-corrected chi connectivity index (χ4v) is 1.47. The molecule has 0 heterocycles. The summed E-state index contributed by atoms with van der Waals surface area (Å²) in [6.45, 7) is 2.54. The second-order valence-corrected chi connectivity index (χ2v) is 4.09. The third kappa shape index (κ3) is 4.21. The van der Waals surface area contributed by atoms with E-state index in [1.165, 1.54) is 18.2 Å². The number of nitro groups is 1. The Morgan fingerprint density at radius 1 is 1.50 bits per heavy atom. The number of anilines is 1. The number of rotatable bonds is 5. The Bertz CT molecular complexity index is 451. The number of urea groups is 1. The molecule has 0 aliphatic carbocycles. The van der Waals surface area contributed by atoms with Gasteiger partial charge in [0.15, 0.2) is 0 Å². The molecule has 0 saturated heterocycles. The zero-order chi connectivity index (χ0) is 13.5. The number of halogens is 1. The van der Waals surface area contributed by atoms with E-state index in [1.807, 2.05) is 6.92 Å². The van der Waals surface area contributed by atoms with Gasteiger partial charge < -0.3 is 10.6 Å². The molecule has 6 nitrogen and oxygen atoms in total. The highest BCUT2D eigenvalue weighted by atomic mass is 35.5. The van der Waals surface area contributed by atoms with Crippen molar-refractivity contribution in [3.8, 4) is 0 Å². The van der Waals surface area contributed by atoms with Crippen LogP contribution >= 0.6 is 11.6 Å². The molecule has 0 aliphatic heterocycles. The third-order valence-corrected chi connectivity index (χ3v) is 2.46. The zero-order valence-corrected chi connectivity index (χ0v) is 10.7. The van der Waals surface area contributed by atoms with Crippen molar-refractivity contribution in [3.05, 3.63) is 33.3 Å². The Morgan fingerprint density at radius 2 is 2.22 bits per heavy atom. The Labute approximate surface area is 109 Å². The summed E-state index contributed by atoms with van der Waals surface area (Å²) in [6.07, 6.45) is 1.82. The van der Waals surface area contributed by atoms with E-state index in [2.05, 4.69) is 10.6 Å². The van der Waals surface area contributed by atoms with Crippen molar-refractivity contribution in [2.24, 2.45) is 0 Å². The van der Waals surface area contributed by atoms with E-state index in [9.17, 15) is 14.9 Å². The van der Waals surface area contributed by atoms with Gasteiger partial charge in [-0.3, -0.25) is 10.1 Å². The molecule has 0 aliphatic rings. The zero-order valence-electron chi connectivity index (χ0n) is 9.90. The maximum atomic E-state index is 11.5. The molecule has 1 aromatic rings. The van der Waals surface area contributed by atoms with Gasteiger partial charge in [-0.25, -0.2) is 4.79 Å². The summed E-state index contributed by atoms with van der Waals surface area (Å²) in [4.78, 5) is 21.7. The van der Waals surface area contributed by atoms with Gasteiger partial charge in [-0.05, 0) is 18.6 Å². The summed E-state index contributed by atoms with van der Waals surface area (Å²) >= 11 is 5.67. The summed E-state index contributed by atoms with van der Waals surface area (Å²) < 4.78 is 0. The van der Waals surface area contributed by atoms with Gasteiger partial charge in [0.1, 0.15) is 5.69 Å². The van der Waals surface area contributed by atoms with Gasteiger partial charge in [0, 0.05) is 17.6 Å². The van der Waals surface area contributed by atoms with E-state index in [0.717, 1.165) is 12.8 Å². The molecule has 0 fully saturated rings. The van der Waals surface area contributed by atoms with Crippen molar-refractivity contribution in [2.75, 3.05) is 11.9 Å². The van der Waals surface area contributed by atoms with Crippen molar-refractivity contribution in [1.29, 1.82) is 0 Å². The van der Waals surface area contributed by atoms with Crippen LogP contribution in [-0.4, -0.2) is 17.5 Å². The van der Waals surface area contributed by atoms with Crippen LogP contribution in [0.1, 0.15) is 19.8 Å². The number of benzene rings is 1. The normalized spacial score (nSPS) is 9.89. The second kappa shape index (κ2) is 6.80. The quantitative estimate of drug-likeness (QED) is 0.490. The highest BCUT2D eigenvalue weighted by Gasteiger charge is 2.15. The molecule has 98 valence electrons. The van der Waals surface area contributed by atoms with Crippen LogP contribution in [0.25, 0.3) is 0 Å². The van der Waals surface area contributed by atoms with E-state index in [4.69, 9.17) is 11.6 Å². The van der Waals surface area contributed by atoms with Gasteiger partial charge in [-0.1, -0.05) is 24.9 Å². The average molecular weight is 272 g/mol. The first-order chi connectivity index (χ1) is 8.54. The lowest BCUT2D eigenvalue weighted by atomic mass is 10.2. The van der Waals surface area contributed by atoms with Gasteiger partial charge >= 0.3 is 6.03 Å². The fraction of sp³-hybridized carbons (Fsp3) is 0.364. The number of carbonyl (C=O) groups is 1. The predicted octanol–water partition coefficient (Wildman–Crippen LogP) is 3.17. The minimum Gasteiger partial charge on any atom is -0.338 e. The van der Waals surface area contributed by atoms with Crippen molar-refractivity contribution >= 4 is 29.0 Å². The minimum atomic E-state index is -0.590. The Kier molecular flexibility index (Phi) is 5.38. The van der Waals surface area contributed by atoms with Crippen LogP contribution in [-0.2, 0) is 0 Å². The lowest BCUT2D eigenvalue weighted by Gasteiger charge is -2.07. The first-order valence-electron chi connectivity index (χ1n) is 5.53. The van der Waals surface area contributed by atoms with Gasteiger partial charge in [-0.2, -0.15) is 0 Å². The van der Waals surface area contributed by atoms with Gasteiger partial charge in [-0.15, -0.1) is 0 Å². The second-order valence-electron chi connectivity index (χ2n) is 3.65. The maximum absolute atomic E-state index is 11.5. The number of hydrogen-bond acceptors (Lipinski definition) is 3. The molecule has 1 rings (SSSR count). The first kappa shape index (κ1) is 14.2. The maximum Gasteiger partial charge on any atom is 0.319 e. The molecule has 0 unspecified atom stereocenters. The van der Waals surface area contributed by atoms with E-state index in [0.29, 0.717) is 6.54 Å². The van der Waals surface area contributed by atoms with Crippen LogP contribution in [0.15, 0.2) is 18.2 Å². The van der Waals surface area contributed by atoms with Crippen molar-refractivity contribution < 1.29 is 9.72 Å². The first-order valence-corrected chi connectivity index (χ1v) is 5.91. The molecule has 18 heavy (non-hydrogen) atoms. The molecular formula is C11H14ClN3O3. The van der Waals surface area contributed by atoms with Crippen LogP contribution in [0.4, 0.5) is 16.2 Å². The molecule has 0 aromatic heterocycles. The van der Waals surface area contributed by atoms with Crippen molar-refractivity contribution in [1.82, 2.24) is 5.32 Å². The summed E-state index contributed by atoms with van der Waals surface area (Å²) in [6, 6.07) is 3.62. The van der Waals surface area contributed by atoms with Crippen molar-refractivity contribution in [2.45, 2.75) is 19.8 Å². The van der Waals surface area contributed by atoms with Crippen LogP contribution in [0.5, 0.6) is 0 Å². The molecule has 2 amide bonds. The highest BCUT2D eigenvalue weighted by molar-refractivity contribution is 6.31. The highest BCUT2D eigenvalue weighted by Crippen LogP contribution is 2.27. The summed E-state index contributed by atoms with van der Waals surface area (Å²) in [5.41, 5.74) is -0.105. The lowest BCUT2D eigenvalue weighted by Crippen LogP contribution is -2.29. The van der Waals surface area contributed by atoms with Gasteiger partial charge in [0.25, 0.3) is 5.69 Å². The number of nitro benzene ring substituents is 1. The van der Waals surface area contributed by atoms with Crippen LogP contribution in [0, 0.1) is 10.1 Å². The molecule has 2 N–H and O–H groups in total. The molecule has 1 aromatic carbocycles. The standard InChI is InChI=1S/C11H14ClN3O3/c1-2-3-6-13-11(16)14-9-5-4-8(12)7-10(9)15(17)18/h4-5,7H,2-3,6H2,1H3,(H2,13,14,16). The molecule has 0 spiro atoms. The number of hydrogen-bond donors (Lipinski definition) is 2. The third-order valence-electron chi connectivity index (χ3n) is 2.22. The lowest BCUT2D eigenvalue weighted by molar-refractivity contribution is -0.383. The molecule has 7 heteroatoms. The van der Waals surface area contributed by atoms with Gasteiger partial charge in [0.05, 0.1) is 4.92 Å². The van der Waals surface area contributed by atoms with Gasteiger partial charge in [0.2, 0.25) is 0 Å². The number of unbranched alkanes of at least 4 members (excludes halogenated alkanes) is 1. The number of nitrogens with one attached hydrogen (secondary N) is 2. The SMILES string of the molecule is CCCCNC(=O)Nc1ccc(Cl)cc1[N+](=O)[O-]. The Hall–Kier alpha value is -1.82. The Balaban J connectivity index is 2.72. The summed E-state index contributed by atoms with van der Waals surface area (Å²) in [5, 5.41) is 16.1. The van der Waals surface area contributed by atoms with E-state index < -0.39 is 11.0 Å².